The number of nitrogens with zero attached hydrogens (tertiary/aromatic N) is 2. The van der Waals surface area contributed by atoms with E-state index >= 15 is 0 Å². The molecular weight excluding hydrogens is 291 g/mol. The maximum absolute atomic E-state index is 14.0. The Labute approximate surface area is 136 Å². The highest BCUT2D eigenvalue weighted by atomic mass is 19.1. The van der Waals surface area contributed by atoms with Crippen molar-refractivity contribution in [1.82, 2.24) is 9.80 Å². The van der Waals surface area contributed by atoms with Crippen LogP contribution in [0.1, 0.15) is 31.2 Å². The average molecular weight is 314 g/mol. The molecule has 0 spiro atoms. The minimum atomic E-state index is -0.215. The molecule has 2 fully saturated rings. The monoisotopic (exact) mass is 314 g/mol. The lowest BCUT2D eigenvalue weighted by Gasteiger charge is -2.38. The molecule has 0 aromatic heterocycles. The third kappa shape index (κ3) is 3.05. The standard InChI is InChI=1S/C19H23FN2O/c20-18-6-2-1-4-15(18)13-22(16-7-8-16)19(23)17-9-11-21-10-3-5-14(17)12-21/h1-2,4,6,9,14,16H,3,5,7-8,10-13H2. The zero-order valence-corrected chi connectivity index (χ0v) is 13.4. The molecule has 4 rings (SSSR count). The number of piperidine rings is 1. The van der Waals surface area contributed by atoms with Crippen LogP contribution in [0.5, 0.6) is 0 Å². The zero-order valence-electron chi connectivity index (χ0n) is 13.4. The summed E-state index contributed by atoms with van der Waals surface area (Å²) in [5.41, 5.74) is 1.60. The molecule has 2 heterocycles. The molecule has 1 aromatic carbocycles. The average Bonchev–Trinajstić information content (AvgIpc) is 3.39. The van der Waals surface area contributed by atoms with E-state index < -0.39 is 0 Å². The summed E-state index contributed by atoms with van der Waals surface area (Å²) in [6, 6.07) is 7.10. The van der Waals surface area contributed by atoms with Crippen molar-refractivity contribution < 1.29 is 9.18 Å². The second kappa shape index (κ2) is 6.08. The first-order valence-electron chi connectivity index (χ1n) is 8.69. The number of halogens is 1. The van der Waals surface area contributed by atoms with Gasteiger partial charge in [-0.05, 0) is 38.3 Å². The molecule has 0 radical (unpaired) electrons. The normalized spacial score (nSPS) is 26.6. The van der Waals surface area contributed by atoms with E-state index in [1.165, 1.54) is 12.5 Å². The van der Waals surface area contributed by atoms with Gasteiger partial charge in [-0.15, -0.1) is 0 Å². The van der Waals surface area contributed by atoms with E-state index in [9.17, 15) is 9.18 Å². The number of carbonyl (C=O) groups is 1. The fourth-order valence-electron chi connectivity index (χ4n) is 3.86. The molecule has 2 aliphatic heterocycles. The van der Waals surface area contributed by atoms with Gasteiger partial charge in [-0.2, -0.15) is 0 Å². The van der Waals surface area contributed by atoms with Crippen LogP contribution in [0.4, 0.5) is 4.39 Å². The van der Waals surface area contributed by atoms with E-state index in [0.29, 0.717) is 24.1 Å². The molecule has 0 N–H and O–H groups in total. The van der Waals surface area contributed by atoms with Gasteiger partial charge in [-0.1, -0.05) is 24.3 Å². The minimum absolute atomic E-state index is 0.141. The molecule has 1 aliphatic carbocycles. The Bertz CT molecular complexity index is 638. The van der Waals surface area contributed by atoms with E-state index in [4.69, 9.17) is 0 Å². The SMILES string of the molecule is O=C(C1=CCN2CCCC1C2)N(Cc1ccccc1F)C1CC1. The molecule has 1 saturated heterocycles. The van der Waals surface area contributed by atoms with Crippen molar-refractivity contribution in [1.29, 1.82) is 0 Å². The van der Waals surface area contributed by atoms with Crippen LogP contribution < -0.4 is 0 Å². The molecule has 1 amide bonds. The van der Waals surface area contributed by atoms with Gasteiger partial charge in [-0.25, -0.2) is 4.39 Å². The Morgan fingerprint density at radius 1 is 1.26 bits per heavy atom. The summed E-state index contributed by atoms with van der Waals surface area (Å²) in [5.74, 6) is 0.293. The topological polar surface area (TPSA) is 23.6 Å². The number of hydrogen-bond donors (Lipinski definition) is 0. The second-order valence-corrected chi connectivity index (χ2v) is 7.01. The van der Waals surface area contributed by atoms with Crippen LogP contribution in [0, 0.1) is 11.7 Å². The van der Waals surface area contributed by atoms with Crippen molar-refractivity contribution >= 4 is 5.91 Å². The molecule has 2 bridgehead atoms. The summed E-state index contributed by atoms with van der Waals surface area (Å²) in [7, 11) is 0. The first-order chi connectivity index (χ1) is 11.2. The Hall–Kier alpha value is -1.68. The summed E-state index contributed by atoms with van der Waals surface area (Å²) in [6.07, 6.45) is 6.49. The fraction of sp³-hybridized carbons (Fsp3) is 0.526. The number of fused-ring (bicyclic) bond motifs is 2. The van der Waals surface area contributed by atoms with E-state index in [0.717, 1.165) is 44.5 Å². The van der Waals surface area contributed by atoms with Crippen LogP contribution in [0.3, 0.4) is 0 Å². The van der Waals surface area contributed by atoms with E-state index in [2.05, 4.69) is 11.0 Å². The van der Waals surface area contributed by atoms with Crippen LogP contribution in [0.15, 0.2) is 35.9 Å². The molecule has 3 aliphatic rings. The molecule has 2 atom stereocenters. The molecule has 23 heavy (non-hydrogen) atoms. The highest BCUT2D eigenvalue weighted by Crippen LogP contribution is 2.34. The van der Waals surface area contributed by atoms with Crippen LogP contribution in [-0.4, -0.2) is 41.4 Å². The van der Waals surface area contributed by atoms with Gasteiger partial charge >= 0.3 is 0 Å². The summed E-state index contributed by atoms with van der Waals surface area (Å²) in [4.78, 5) is 17.4. The van der Waals surface area contributed by atoms with Crippen molar-refractivity contribution in [2.45, 2.75) is 38.3 Å². The molecular formula is C19H23FN2O. The summed E-state index contributed by atoms with van der Waals surface area (Å²) >= 11 is 0. The third-order valence-electron chi connectivity index (χ3n) is 5.31. The van der Waals surface area contributed by atoms with Crippen LogP contribution in [0.25, 0.3) is 0 Å². The van der Waals surface area contributed by atoms with E-state index in [1.54, 1.807) is 12.1 Å². The second-order valence-electron chi connectivity index (χ2n) is 7.01. The van der Waals surface area contributed by atoms with Gasteiger partial charge in [-0.3, -0.25) is 9.69 Å². The molecule has 3 nitrogen and oxygen atoms in total. The van der Waals surface area contributed by atoms with Gasteiger partial charge < -0.3 is 4.90 Å². The molecule has 1 saturated carbocycles. The van der Waals surface area contributed by atoms with Crippen LogP contribution in [-0.2, 0) is 11.3 Å². The Morgan fingerprint density at radius 2 is 2.09 bits per heavy atom. The van der Waals surface area contributed by atoms with Crippen LogP contribution >= 0.6 is 0 Å². The lowest BCUT2D eigenvalue weighted by Crippen LogP contribution is -2.44. The minimum Gasteiger partial charge on any atom is -0.332 e. The van der Waals surface area contributed by atoms with Crippen molar-refractivity contribution in [2.24, 2.45) is 5.92 Å². The maximum Gasteiger partial charge on any atom is 0.250 e. The lowest BCUT2D eigenvalue weighted by molar-refractivity contribution is -0.129. The van der Waals surface area contributed by atoms with Gasteiger partial charge in [0.1, 0.15) is 5.82 Å². The smallest absolute Gasteiger partial charge is 0.250 e. The largest absolute Gasteiger partial charge is 0.332 e. The number of amides is 1. The van der Waals surface area contributed by atoms with E-state index in [-0.39, 0.29) is 11.7 Å². The fourth-order valence-corrected chi connectivity index (χ4v) is 3.86. The highest BCUT2D eigenvalue weighted by molar-refractivity contribution is 5.94. The van der Waals surface area contributed by atoms with Gasteiger partial charge in [0.05, 0.1) is 0 Å². The molecule has 122 valence electrons. The number of hydrogen-bond acceptors (Lipinski definition) is 2. The molecule has 2 unspecified atom stereocenters. The van der Waals surface area contributed by atoms with Crippen molar-refractivity contribution in [2.75, 3.05) is 19.6 Å². The zero-order chi connectivity index (χ0) is 15.8. The predicted octanol–water partition coefficient (Wildman–Crippen LogP) is 2.97. The Kier molecular flexibility index (Phi) is 3.93. The van der Waals surface area contributed by atoms with Crippen molar-refractivity contribution in [3.05, 3.63) is 47.3 Å². The third-order valence-corrected chi connectivity index (χ3v) is 5.31. The lowest BCUT2D eigenvalue weighted by atomic mass is 9.86. The Morgan fingerprint density at radius 3 is 2.87 bits per heavy atom. The molecule has 4 heteroatoms. The van der Waals surface area contributed by atoms with Gasteiger partial charge in [0.15, 0.2) is 0 Å². The summed E-state index contributed by atoms with van der Waals surface area (Å²) in [6.45, 7) is 3.44. The number of benzene rings is 1. The van der Waals surface area contributed by atoms with Crippen LogP contribution in [0.2, 0.25) is 0 Å². The first-order valence-corrected chi connectivity index (χ1v) is 8.69. The Balaban J connectivity index is 1.55. The van der Waals surface area contributed by atoms with Crippen molar-refractivity contribution in [3.63, 3.8) is 0 Å². The number of rotatable bonds is 4. The van der Waals surface area contributed by atoms with Gasteiger partial charge in [0.25, 0.3) is 0 Å². The van der Waals surface area contributed by atoms with E-state index in [1.807, 2.05) is 11.0 Å². The molecule has 1 aromatic rings. The van der Waals surface area contributed by atoms with Crippen molar-refractivity contribution in [3.8, 4) is 0 Å². The van der Waals surface area contributed by atoms with Gasteiger partial charge in [0, 0.05) is 42.7 Å². The number of carbonyl (C=O) groups excluding carboxylic acids is 1. The maximum atomic E-state index is 14.0. The summed E-state index contributed by atoms with van der Waals surface area (Å²) < 4.78 is 14.0. The predicted molar refractivity (Wildman–Crippen MR) is 87.2 cm³/mol. The quantitative estimate of drug-likeness (QED) is 0.853. The van der Waals surface area contributed by atoms with Gasteiger partial charge in [0.2, 0.25) is 5.91 Å². The highest BCUT2D eigenvalue weighted by Gasteiger charge is 2.38. The summed E-state index contributed by atoms with van der Waals surface area (Å²) in [5, 5.41) is 0. The first kappa shape index (κ1) is 14.9.